The predicted molar refractivity (Wildman–Crippen MR) is 78.7 cm³/mol. The van der Waals surface area contributed by atoms with Gasteiger partial charge in [0.15, 0.2) is 6.61 Å². The molecule has 1 saturated heterocycles. The molecule has 20 heavy (non-hydrogen) atoms. The van der Waals surface area contributed by atoms with E-state index >= 15 is 0 Å². The molecule has 1 fully saturated rings. The molecule has 2 rings (SSSR count). The monoisotopic (exact) mass is 275 g/mol. The molecular formula is C16H21NO3. The largest absolute Gasteiger partial charge is 0.484 e. The lowest BCUT2D eigenvalue weighted by Gasteiger charge is -2.26. The summed E-state index contributed by atoms with van der Waals surface area (Å²) in [5.41, 5.74) is 2.30. The Morgan fingerprint density at radius 3 is 2.85 bits per heavy atom. The van der Waals surface area contributed by atoms with Crippen LogP contribution >= 0.6 is 0 Å². The molecule has 1 aromatic rings. The lowest BCUT2D eigenvalue weighted by Crippen LogP contribution is -2.42. The third-order valence-corrected chi connectivity index (χ3v) is 3.45. The van der Waals surface area contributed by atoms with Crippen molar-refractivity contribution in [2.75, 3.05) is 32.9 Å². The maximum atomic E-state index is 12.0. The van der Waals surface area contributed by atoms with Gasteiger partial charge in [0.1, 0.15) is 5.75 Å². The van der Waals surface area contributed by atoms with Gasteiger partial charge in [0.2, 0.25) is 0 Å². The predicted octanol–water partition coefficient (Wildman–Crippen LogP) is 2.35. The normalized spacial score (nSPS) is 16.1. The molecule has 0 aromatic heterocycles. The van der Waals surface area contributed by atoms with E-state index in [9.17, 15) is 4.79 Å². The number of ether oxygens (including phenoxy) is 2. The average molecular weight is 275 g/mol. The summed E-state index contributed by atoms with van der Waals surface area (Å²) in [6, 6.07) is 7.81. The van der Waals surface area contributed by atoms with Crippen LogP contribution in [0.2, 0.25) is 0 Å². The van der Waals surface area contributed by atoms with E-state index in [1.165, 1.54) is 5.57 Å². The van der Waals surface area contributed by atoms with Crippen molar-refractivity contribution in [3.05, 3.63) is 35.9 Å². The highest BCUT2D eigenvalue weighted by atomic mass is 16.5. The number of hydrogen-bond acceptors (Lipinski definition) is 3. The molecule has 1 aromatic carbocycles. The standard InChI is InChI=1S/C16H21NO3/c1-3-13(2)14-5-4-6-15(11-14)20-12-16(18)17-7-9-19-10-8-17/h3-6,11H,7-10,12H2,1-2H3. The topological polar surface area (TPSA) is 38.8 Å². The number of rotatable bonds is 4. The van der Waals surface area contributed by atoms with Crippen LogP contribution in [0, 0.1) is 0 Å². The van der Waals surface area contributed by atoms with Crippen molar-refractivity contribution in [3.8, 4) is 5.75 Å². The van der Waals surface area contributed by atoms with Crippen molar-refractivity contribution in [1.82, 2.24) is 4.90 Å². The highest BCUT2D eigenvalue weighted by molar-refractivity contribution is 5.78. The fourth-order valence-corrected chi connectivity index (χ4v) is 2.05. The van der Waals surface area contributed by atoms with Crippen LogP contribution in [0.1, 0.15) is 19.4 Å². The zero-order valence-electron chi connectivity index (χ0n) is 12.1. The molecule has 0 unspecified atom stereocenters. The van der Waals surface area contributed by atoms with E-state index in [2.05, 4.69) is 13.0 Å². The molecule has 4 heteroatoms. The minimum atomic E-state index is 0.0152. The van der Waals surface area contributed by atoms with Crippen molar-refractivity contribution in [2.45, 2.75) is 13.8 Å². The average Bonchev–Trinajstić information content (AvgIpc) is 2.53. The maximum absolute atomic E-state index is 12.0. The van der Waals surface area contributed by atoms with E-state index in [4.69, 9.17) is 9.47 Å². The number of benzene rings is 1. The molecule has 1 amide bonds. The number of nitrogens with zero attached hydrogens (tertiary/aromatic N) is 1. The Bertz CT molecular complexity index is 490. The van der Waals surface area contributed by atoms with E-state index in [0.29, 0.717) is 26.3 Å². The molecule has 0 atom stereocenters. The maximum Gasteiger partial charge on any atom is 0.260 e. The van der Waals surface area contributed by atoms with E-state index in [1.54, 1.807) is 4.90 Å². The minimum absolute atomic E-state index is 0.0152. The van der Waals surface area contributed by atoms with Gasteiger partial charge in [0.05, 0.1) is 13.2 Å². The molecule has 0 saturated carbocycles. The van der Waals surface area contributed by atoms with E-state index in [0.717, 1.165) is 11.3 Å². The van der Waals surface area contributed by atoms with Crippen LogP contribution < -0.4 is 4.74 Å². The smallest absolute Gasteiger partial charge is 0.260 e. The summed E-state index contributed by atoms with van der Waals surface area (Å²) in [5.74, 6) is 0.742. The number of amides is 1. The van der Waals surface area contributed by atoms with Gasteiger partial charge >= 0.3 is 0 Å². The molecular weight excluding hydrogens is 254 g/mol. The molecule has 0 radical (unpaired) electrons. The van der Waals surface area contributed by atoms with Gasteiger partial charge in [-0.15, -0.1) is 0 Å². The first-order chi connectivity index (χ1) is 9.70. The number of hydrogen-bond donors (Lipinski definition) is 0. The molecule has 0 aliphatic carbocycles. The Labute approximate surface area is 120 Å². The molecule has 0 bridgehead atoms. The van der Waals surface area contributed by atoms with Crippen molar-refractivity contribution >= 4 is 11.5 Å². The van der Waals surface area contributed by atoms with Crippen molar-refractivity contribution in [2.24, 2.45) is 0 Å². The third kappa shape index (κ3) is 3.84. The van der Waals surface area contributed by atoms with Gasteiger partial charge in [-0.25, -0.2) is 0 Å². The summed E-state index contributed by atoms with van der Waals surface area (Å²) in [6.45, 7) is 6.67. The minimum Gasteiger partial charge on any atom is -0.484 e. The molecule has 108 valence electrons. The van der Waals surface area contributed by atoms with E-state index in [-0.39, 0.29) is 12.5 Å². The van der Waals surface area contributed by atoms with Crippen LogP contribution in [0.15, 0.2) is 30.3 Å². The van der Waals surface area contributed by atoms with Crippen molar-refractivity contribution < 1.29 is 14.3 Å². The number of morpholine rings is 1. The summed E-state index contributed by atoms with van der Waals surface area (Å²) in [5, 5.41) is 0. The zero-order chi connectivity index (χ0) is 14.4. The summed E-state index contributed by atoms with van der Waals surface area (Å²) in [4.78, 5) is 13.8. The Kier molecular flexibility index (Phi) is 5.18. The highest BCUT2D eigenvalue weighted by Gasteiger charge is 2.17. The van der Waals surface area contributed by atoms with Crippen molar-refractivity contribution in [3.63, 3.8) is 0 Å². The molecule has 1 aliphatic heterocycles. The van der Waals surface area contributed by atoms with Gasteiger partial charge < -0.3 is 14.4 Å². The molecule has 1 aliphatic rings. The van der Waals surface area contributed by atoms with Gasteiger partial charge in [0, 0.05) is 13.1 Å². The Morgan fingerprint density at radius 2 is 2.15 bits per heavy atom. The lowest BCUT2D eigenvalue weighted by molar-refractivity contribution is -0.137. The van der Waals surface area contributed by atoms with Gasteiger partial charge in [-0.1, -0.05) is 18.2 Å². The molecule has 0 N–H and O–H groups in total. The SMILES string of the molecule is CC=C(C)c1cccc(OCC(=O)N2CCOCC2)c1. The van der Waals surface area contributed by atoms with Gasteiger partial charge in [-0.3, -0.25) is 4.79 Å². The quantitative estimate of drug-likeness (QED) is 0.846. The third-order valence-electron chi connectivity index (χ3n) is 3.45. The fraction of sp³-hybridized carbons (Fsp3) is 0.438. The number of carbonyl (C=O) groups excluding carboxylic acids is 1. The molecule has 4 nitrogen and oxygen atoms in total. The fourth-order valence-electron chi connectivity index (χ4n) is 2.05. The Balaban J connectivity index is 1.91. The summed E-state index contributed by atoms with van der Waals surface area (Å²) in [7, 11) is 0. The summed E-state index contributed by atoms with van der Waals surface area (Å²) in [6.07, 6.45) is 2.05. The van der Waals surface area contributed by atoms with Gasteiger partial charge in [0.25, 0.3) is 5.91 Å². The molecule has 1 heterocycles. The first-order valence-corrected chi connectivity index (χ1v) is 6.92. The van der Waals surface area contributed by atoms with Gasteiger partial charge in [-0.2, -0.15) is 0 Å². The van der Waals surface area contributed by atoms with E-state index in [1.807, 2.05) is 31.2 Å². The van der Waals surface area contributed by atoms with Crippen LogP contribution in [0.25, 0.3) is 5.57 Å². The van der Waals surface area contributed by atoms with Gasteiger partial charge in [-0.05, 0) is 37.1 Å². The van der Waals surface area contributed by atoms with E-state index < -0.39 is 0 Å². The Hall–Kier alpha value is -1.81. The van der Waals surface area contributed by atoms with Crippen LogP contribution in [-0.2, 0) is 9.53 Å². The second kappa shape index (κ2) is 7.10. The lowest BCUT2D eigenvalue weighted by atomic mass is 10.1. The summed E-state index contributed by atoms with van der Waals surface area (Å²) >= 11 is 0. The van der Waals surface area contributed by atoms with Crippen LogP contribution in [0.5, 0.6) is 5.75 Å². The second-order valence-corrected chi connectivity index (χ2v) is 4.78. The van der Waals surface area contributed by atoms with Crippen LogP contribution in [-0.4, -0.2) is 43.7 Å². The highest BCUT2D eigenvalue weighted by Crippen LogP contribution is 2.19. The van der Waals surface area contributed by atoms with Crippen LogP contribution in [0.4, 0.5) is 0 Å². The first-order valence-electron chi connectivity index (χ1n) is 6.92. The summed E-state index contributed by atoms with van der Waals surface area (Å²) < 4.78 is 10.8. The second-order valence-electron chi connectivity index (χ2n) is 4.78. The molecule has 0 spiro atoms. The Morgan fingerprint density at radius 1 is 1.40 bits per heavy atom. The zero-order valence-corrected chi connectivity index (χ0v) is 12.1. The van der Waals surface area contributed by atoms with Crippen molar-refractivity contribution in [1.29, 1.82) is 0 Å². The number of carbonyl (C=O) groups is 1. The van der Waals surface area contributed by atoms with Crippen LogP contribution in [0.3, 0.4) is 0 Å². The number of allylic oxidation sites excluding steroid dienone is 2. The first kappa shape index (κ1) is 14.6.